The summed E-state index contributed by atoms with van der Waals surface area (Å²) in [5.74, 6) is -0.350. The molecule has 6 heteroatoms. The minimum atomic E-state index is -0.350. The van der Waals surface area contributed by atoms with E-state index < -0.39 is 0 Å². The van der Waals surface area contributed by atoms with Gasteiger partial charge in [0, 0.05) is 16.9 Å². The number of thioether (sulfide) groups is 1. The van der Waals surface area contributed by atoms with Gasteiger partial charge in [-0.05, 0) is 47.2 Å². The molecule has 0 saturated heterocycles. The van der Waals surface area contributed by atoms with Crippen LogP contribution >= 0.6 is 39.9 Å². The van der Waals surface area contributed by atoms with Crippen LogP contribution in [-0.2, 0) is 0 Å². The molecule has 1 rings (SSSR count). The molecule has 0 aliphatic carbocycles. The van der Waals surface area contributed by atoms with Crippen LogP contribution in [0.4, 0.5) is 10.1 Å². The van der Waals surface area contributed by atoms with Gasteiger partial charge < -0.3 is 11.1 Å². The highest BCUT2D eigenvalue weighted by Crippen LogP contribution is 2.32. The van der Waals surface area contributed by atoms with Gasteiger partial charge in [-0.15, -0.1) is 0 Å². The Morgan fingerprint density at radius 3 is 2.50 bits per heavy atom. The Hall–Kier alpha value is -0.330. The molecule has 20 heavy (non-hydrogen) atoms. The summed E-state index contributed by atoms with van der Waals surface area (Å²) < 4.78 is 14.7. The van der Waals surface area contributed by atoms with Crippen LogP contribution in [0.15, 0.2) is 16.6 Å². The van der Waals surface area contributed by atoms with Gasteiger partial charge in [-0.25, -0.2) is 4.39 Å². The molecule has 0 bridgehead atoms. The van der Waals surface area contributed by atoms with Gasteiger partial charge in [0.15, 0.2) is 5.82 Å². The number of anilines is 1. The number of rotatable bonds is 7. The zero-order valence-corrected chi connectivity index (χ0v) is 15.1. The summed E-state index contributed by atoms with van der Waals surface area (Å²) in [5, 5.41) is 3.20. The van der Waals surface area contributed by atoms with E-state index in [0.717, 1.165) is 19.4 Å². The smallest absolute Gasteiger partial charge is 0.161 e. The Labute approximate surface area is 138 Å². The summed E-state index contributed by atoms with van der Waals surface area (Å²) >= 11 is 9.92. The fraction of sp³-hybridized carbons (Fsp3) is 0.500. The normalized spacial score (nSPS) is 11.4. The van der Waals surface area contributed by atoms with Crippen molar-refractivity contribution >= 4 is 50.6 Å². The van der Waals surface area contributed by atoms with Crippen molar-refractivity contribution in [2.75, 3.05) is 18.1 Å². The van der Waals surface area contributed by atoms with Gasteiger partial charge >= 0.3 is 0 Å². The number of halogens is 2. The van der Waals surface area contributed by atoms with Crippen molar-refractivity contribution in [3.63, 3.8) is 0 Å². The van der Waals surface area contributed by atoms with Crippen molar-refractivity contribution in [1.82, 2.24) is 0 Å². The fourth-order valence-corrected chi connectivity index (χ4v) is 3.65. The number of hydrogen-bond donors (Lipinski definition) is 2. The van der Waals surface area contributed by atoms with E-state index >= 15 is 0 Å². The molecule has 0 heterocycles. The molecular weight excluding hydrogens is 359 g/mol. The standard InChI is InChI=1S/C14H20BrFN2S2/c1-4-14(5-2,20-3)8-18-10-7-6-9(13(17)19)11(15)12(10)16/h6-7,18H,4-5,8H2,1-3H3,(H2,17,19). The highest BCUT2D eigenvalue weighted by Gasteiger charge is 2.25. The Morgan fingerprint density at radius 2 is 2.05 bits per heavy atom. The van der Waals surface area contributed by atoms with Crippen LogP contribution in [0.5, 0.6) is 0 Å². The van der Waals surface area contributed by atoms with E-state index in [4.69, 9.17) is 18.0 Å². The molecular formula is C14H20BrFN2S2. The first kappa shape index (κ1) is 17.7. The second kappa shape index (κ2) is 7.61. The highest BCUT2D eigenvalue weighted by molar-refractivity contribution is 9.10. The van der Waals surface area contributed by atoms with E-state index in [1.54, 1.807) is 12.1 Å². The molecule has 112 valence electrons. The van der Waals surface area contributed by atoms with Crippen LogP contribution in [0, 0.1) is 5.82 Å². The van der Waals surface area contributed by atoms with Crippen LogP contribution in [0.2, 0.25) is 0 Å². The molecule has 0 fully saturated rings. The zero-order valence-electron chi connectivity index (χ0n) is 11.9. The first-order valence-corrected chi connectivity index (χ1v) is 8.90. The molecule has 2 nitrogen and oxygen atoms in total. The third-order valence-electron chi connectivity index (χ3n) is 3.67. The quantitative estimate of drug-likeness (QED) is 0.682. The molecule has 0 atom stereocenters. The average molecular weight is 379 g/mol. The number of hydrogen-bond acceptors (Lipinski definition) is 3. The molecule has 1 aromatic rings. The lowest BCUT2D eigenvalue weighted by Crippen LogP contribution is -2.32. The van der Waals surface area contributed by atoms with E-state index in [0.29, 0.717) is 15.7 Å². The van der Waals surface area contributed by atoms with Gasteiger partial charge in [-0.2, -0.15) is 11.8 Å². The maximum atomic E-state index is 14.3. The molecule has 0 aromatic heterocycles. The van der Waals surface area contributed by atoms with Gasteiger partial charge in [0.25, 0.3) is 0 Å². The molecule has 0 aliphatic heterocycles. The predicted molar refractivity (Wildman–Crippen MR) is 95.3 cm³/mol. The summed E-state index contributed by atoms with van der Waals surface area (Å²) in [5.41, 5.74) is 6.54. The summed E-state index contributed by atoms with van der Waals surface area (Å²) in [6.07, 6.45) is 4.16. The van der Waals surface area contributed by atoms with E-state index in [-0.39, 0.29) is 15.6 Å². The van der Waals surface area contributed by atoms with E-state index in [1.165, 1.54) is 0 Å². The lowest BCUT2D eigenvalue weighted by atomic mass is 10.0. The molecule has 0 unspecified atom stereocenters. The fourth-order valence-electron chi connectivity index (χ4n) is 1.99. The summed E-state index contributed by atoms with van der Waals surface area (Å²) in [6, 6.07) is 3.42. The van der Waals surface area contributed by atoms with Crippen molar-refractivity contribution in [1.29, 1.82) is 0 Å². The van der Waals surface area contributed by atoms with E-state index in [9.17, 15) is 4.39 Å². The van der Waals surface area contributed by atoms with Crippen molar-refractivity contribution in [3.8, 4) is 0 Å². The predicted octanol–water partition coefficient (Wildman–Crippen LogP) is 4.56. The summed E-state index contributed by atoms with van der Waals surface area (Å²) in [7, 11) is 0. The van der Waals surface area contributed by atoms with Gasteiger partial charge in [0.2, 0.25) is 0 Å². The molecule has 1 aromatic carbocycles. The minimum Gasteiger partial charge on any atom is -0.389 e. The summed E-state index contributed by atoms with van der Waals surface area (Å²) in [6.45, 7) is 5.03. The lowest BCUT2D eigenvalue weighted by molar-refractivity contribution is 0.569. The zero-order chi connectivity index (χ0) is 15.3. The Balaban J connectivity index is 2.95. The van der Waals surface area contributed by atoms with Crippen LogP contribution in [0.3, 0.4) is 0 Å². The first-order chi connectivity index (χ1) is 9.40. The molecule has 0 radical (unpaired) electrons. The lowest BCUT2D eigenvalue weighted by Gasteiger charge is -2.30. The summed E-state index contributed by atoms with van der Waals surface area (Å²) in [4.78, 5) is 0.183. The highest BCUT2D eigenvalue weighted by atomic mass is 79.9. The van der Waals surface area contributed by atoms with Crippen LogP contribution in [-0.4, -0.2) is 22.5 Å². The maximum Gasteiger partial charge on any atom is 0.161 e. The van der Waals surface area contributed by atoms with Crippen LogP contribution in [0.1, 0.15) is 32.3 Å². The monoisotopic (exact) mass is 378 g/mol. The molecule has 0 spiro atoms. The molecule has 0 aliphatic rings. The van der Waals surface area contributed by atoms with Crippen molar-refractivity contribution in [2.45, 2.75) is 31.4 Å². The van der Waals surface area contributed by atoms with E-state index in [1.807, 2.05) is 11.8 Å². The van der Waals surface area contributed by atoms with E-state index in [2.05, 4.69) is 41.3 Å². The van der Waals surface area contributed by atoms with Crippen LogP contribution < -0.4 is 11.1 Å². The second-order valence-electron chi connectivity index (χ2n) is 4.60. The average Bonchev–Trinajstić information content (AvgIpc) is 2.44. The van der Waals surface area contributed by atoms with Crippen molar-refractivity contribution < 1.29 is 4.39 Å². The van der Waals surface area contributed by atoms with Gasteiger partial charge in [-0.1, -0.05) is 26.1 Å². The van der Waals surface area contributed by atoms with Gasteiger partial charge in [0.1, 0.15) is 4.99 Å². The molecule has 0 amide bonds. The third-order valence-corrected chi connectivity index (χ3v) is 6.25. The Kier molecular flexibility index (Phi) is 6.75. The number of benzene rings is 1. The van der Waals surface area contributed by atoms with Gasteiger partial charge in [-0.3, -0.25) is 0 Å². The molecule has 0 saturated carbocycles. The number of nitrogens with two attached hydrogens (primary N) is 1. The Morgan fingerprint density at radius 1 is 1.45 bits per heavy atom. The van der Waals surface area contributed by atoms with Gasteiger partial charge in [0.05, 0.1) is 10.2 Å². The number of nitrogens with one attached hydrogen (secondary N) is 1. The van der Waals surface area contributed by atoms with Crippen molar-refractivity contribution in [3.05, 3.63) is 28.0 Å². The van der Waals surface area contributed by atoms with Crippen LogP contribution in [0.25, 0.3) is 0 Å². The topological polar surface area (TPSA) is 38.0 Å². The maximum absolute atomic E-state index is 14.3. The second-order valence-corrected chi connectivity index (χ2v) is 7.11. The third kappa shape index (κ3) is 3.86. The SMILES string of the molecule is CCC(CC)(CNc1ccc(C(N)=S)c(Br)c1F)SC. The van der Waals surface area contributed by atoms with Crippen molar-refractivity contribution in [2.24, 2.45) is 5.73 Å². The number of thiocarbonyl (C=S) groups is 1. The molecule has 3 N–H and O–H groups in total. The Bertz CT molecular complexity index is 482. The largest absolute Gasteiger partial charge is 0.389 e. The minimum absolute atomic E-state index is 0.126. The first-order valence-electron chi connectivity index (χ1n) is 6.47.